The fourth-order valence-electron chi connectivity index (χ4n) is 1.74. The fraction of sp³-hybridized carbons (Fsp3) is 0.625. The molecular weight excluding hydrogens is 312 g/mol. The minimum atomic E-state index is -0.0209. The lowest BCUT2D eigenvalue weighted by Gasteiger charge is -2.13. The minimum absolute atomic E-state index is 0.0209. The zero-order chi connectivity index (χ0) is 17.1. The van der Waals surface area contributed by atoms with Crippen LogP contribution in [0.25, 0.3) is 0 Å². The first kappa shape index (κ1) is 19.4. The number of thiophene rings is 1. The van der Waals surface area contributed by atoms with Gasteiger partial charge in [0.05, 0.1) is 6.54 Å². The summed E-state index contributed by atoms with van der Waals surface area (Å²) in [5.74, 6) is 0.634. The molecule has 0 saturated heterocycles. The number of amides is 1. The molecule has 1 heterocycles. The fourth-order valence-corrected chi connectivity index (χ4v) is 2.57. The highest BCUT2D eigenvalue weighted by atomic mass is 32.1. The molecule has 0 aromatic carbocycles. The summed E-state index contributed by atoms with van der Waals surface area (Å²) in [7, 11) is 3.46. The summed E-state index contributed by atoms with van der Waals surface area (Å²) in [4.78, 5) is 20.1. The first-order valence-corrected chi connectivity index (χ1v) is 8.70. The van der Waals surface area contributed by atoms with Gasteiger partial charge in [-0.25, -0.2) is 4.99 Å². The zero-order valence-corrected chi connectivity index (χ0v) is 15.3. The van der Waals surface area contributed by atoms with E-state index in [0.29, 0.717) is 12.5 Å². The lowest BCUT2D eigenvalue weighted by Crippen LogP contribution is -2.38. The van der Waals surface area contributed by atoms with E-state index in [2.05, 4.69) is 34.7 Å². The number of rotatable bonds is 9. The summed E-state index contributed by atoms with van der Waals surface area (Å²) < 4.78 is 5.32. The Kier molecular flexibility index (Phi) is 9.31. The first-order chi connectivity index (χ1) is 11.0. The van der Waals surface area contributed by atoms with Gasteiger partial charge in [0.1, 0.15) is 6.54 Å². The van der Waals surface area contributed by atoms with Crippen LogP contribution in [0.4, 0.5) is 0 Å². The molecule has 23 heavy (non-hydrogen) atoms. The van der Waals surface area contributed by atoms with E-state index in [1.807, 2.05) is 6.92 Å². The number of nitrogens with one attached hydrogen (secondary N) is 2. The second-order valence-electron chi connectivity index (χ2n) is 5.30. The third-order valence-electron chi connectivity index (χ3n) is 3.06. The first-order valence-electron chi connectivity index (χ1n) is 7.88. The maximum Gasteiger partial charge on any atom is 0.243 e. The monoisotopic (exact) mass is 340 g/mol. The van der Waals surface area contributed by atoms with E-state index < -0.39 is 0 Å². The van der Waals surface area contributed by atoms with Crippen molar-refractivity contribution in [1.29, 1.82) is 0 Å². The van der Waals surface area contributed by atoms with Crippen molar-refractivity contribution in [3.05, 3.63) is 21.9 Å². The third kappa shape index (κ3) is 8.56. The highest BCUT2D eigenvalue weighted by Crippen LogP contribution is 2.14. The van der Waals surface area contributed by atoms with Crippen LogP contribution in [0.5, 0.6) is 0 Å². The van der Waals surface area contributed by atoms with E-state index in [1.54, 1.807) is 30.3 Å². The summed E-state index contributed by atoms with van der Waals surface area (Å²) >= 11 is 1.75. The molecular formula is C16H28N4O2S. The predicted molar refractivity (Wildman–Crippen MR) is 96.0 cm³/mol. The molecule has 0 aliphatic carbocycles. The molecule has 0 unspecified atom stereocenters. The number of guanidine groups is 1. The van der Waals surface area contributed by atoms with Crippen LogP contribution < -0.4 is 10.6 Å². The van der Waals surface area contributed by atoms with E-state index in [-0.39, 0.29) is 12.5 Å². The van der Waals surface area contributed by atoms with Gasteiger partial charge in [0.2, 0.25) is 5.91 Å². The van der Waals surface area contributed by atoms with Gasteiger partial charge in [-0.2, -0.15) is 0 Å². The number of hydrogen-bond acceptors (Lipinski definition) is 4. The number of aliphatic imine (C=N–C) groups is 1. The SMILES string of the molecule is CCOCCCNC(=NCC(=O)N(C)C)NCc1ccc(C)s1. The summed E-state index contributed by atoms with van der Waals surface area (Å²) in [5.41, 5.74) is 0. The van der Waals surface area contributed by atoms with Crippen LogP contribution in [0.3, 0.4) is 0 Å². The molecule has 0 radical (unpaired) electrons. The maximum atomic E-state index is 11.7. The lowest BCUT2D eigenvalue weighted by molar-refractivity contribution is -0.127. The Bertz CT molecular complexity index is 500. The lowest BCUT2D eigenvalue weighted by atomic mass is 10.4. The molecule has 1 aromatic rings. The quantitative estimate of drug-likeness (QED) is 0.407. The van der Waals surface area contributed by atoms with E-state index >= 15 is 0 Å². The van der Waals surface area contributed by atoms with Crippen LogP contribution in [0, 0.1) is 6.92 Å². The standard InChI is InChI=1S/C16H28N4O2S/c1-5-22-10-6-9-17-16(19-12-15(21)20(3)4)18-11-14-8-7-13(2)23-14/h7-8H,5-6,9-12H2,1-4H3,(H2,17,18,19). The van der Waals surface area contributed by atoms with Gasteiger partial charge in [-0.3, -0.25) is 4.79 Å². The van der Waals surface area contributed by atoms with Crippen molar-refractivity contribution < 1.29 is 9.53 Å². The molecule has 0 bridgehead atoms. The van der Waals surface area contributed by atoms with Crippen molar-refractivity contribution in [3.8, 4) is 0 Å². The van der Waals surface area contributed by atoms with Gasteiger partial charge in [0.25, 0.3) is 0 Å². The molecule has 0 fully saturated rings. The topological polar surface area (TPSA) is 66.0 Å². The van der Waals surface area contributed by atoms with Crippen LogP contribution in [0.1, 0.15) is 23.1 Å². The predicted octanol–water partition coefficient (Wildman–Crippen LogP) is 1.61. The van der Waals surface area contributed by atoms with Crippen LogP contribution >= 0.6 is 11.3 Å². The number of carbonyl (C=O) groups excluding carboxylic acids is 1. The van der Waals surface area contributed by atoms with Gasteiger partial charge in [0.15, 0.2) is 5.96 Å². The van der Waals surface area contributed by atoms with Crippen molar-refractivity contribution in [3.63, 3.8) is 0 Å². The summed E-state index contributed by atoms with van der Waals surface area (Å²) in [6.45, 7) is 7.11. The van der Waals surface area contributed by atoms with Crippen molar-refractivity contribution in [1.82, 2.24) is 15.5 Å². The van der Waals surface area contributed by atoms with Crippen LogP contribution in [-0.2, 0) is 16.1 Å². The van der Waals surface area contributed by atoms with Crippen molar-refractivity contribution in [2.75, 3.05) is 40.4 Å². The molecule has 6 nitrogen and oxygen atoms in total. The van der Waals surface area contributed by atoms with Gasteiger partial charge < -0.3 is 20.3 Å². The average Bonchev–Trinajstić information content (AvgIpc) is 2.94. The van der Waals surface area contributed by atoms with Crippen LogP contribution in [0.15, 0.2) is 17.1 Å². The van der Waals surface area contributed by atoms with Gasteiger partial charge in [0, 0.05) is 43.6 Å². The molecule has 2 N–H and O–H groups in total. The molecule has 0 aliphatic heterocycles. The second-order valence-corrected chi connectivity index (χ2v) is 6.67. The molecule has 130 valence electrons. The van der Waals surface area contributed by atoms with Gasteiger partial charge in [-0.1, -0.05) is 0 Å². The van der Waals surface area contributed by atoms with Gasteiger partial charge >= 0.3 is 0 Å². The number of aryl methyl sites for hydroxylation is 1. The molecule has 0 atom stereocenters. The van der Waals surface area contributed by atoms with E-state index in [4.69, 9.17) is 4.74 Å². The van der Waals surface area contributed by atoms with Crippen molar-refractivity contribution in [2.24, 2.45) is 4.99 Å². The van der Waals surface area contributed by atoms with E-state index in [0.717, 1.165) is 26.2 Å². The molecule has 0 saturated carbocycles. The van der Waals surface area contributed by atoms with Gasteiger partial charge in [-0.05, 0) is 32.4 Å². The molecule has 0 aliphatic rings. The van der Waals surface area contributed by atoms with Crippen molar-refractivity contribution in [2.45, 2.75) is 26.8 Å². The number of likely N-dealkylation sites (N-methyl/N-ethyl adjacent to an activating group) is 1. The molecule has 7 heteroatoms. The van der Waals surface area contributed by atoms with Crippen LogP contribution in [0.2, 0.25) is 0 Å². The highest BCUT2D eigenvalue weighted by Gasteiger charge is 2.05. The Morgan fingerprint density at radius 2 is 2.13 bits per heavy atom. The second kappa shape index (κ2) is 11.0. The zero-order valence-electron chi connectivity index (χ0n) is 14.5. The molecule has 1 rings (SSSR count). The summed E-state index contributed by atoms with van der Waals surface area (Å²) in [6, 6.07) is 4.20. The van der Waals surface area contributed by atoms with Crippen LogP contribution in [-0.4, -0.2) is 57.2 Å². The summed E-state index contributed by atoms with van der Waals surface area (Å²) in [6.07, 6.45) is 0.897. The maximum absolute atomic E-state index is 11.7. The number of ether oxygens (including phenoxy) is 1. The molecule has 0 spiro atoms. The number of nitrogens with zero attached hydrogens (tertiary/aromatic N) is 2. The van der Waals surface area contributed by atoms with E-state index in [9.17, 15) is 4.79 Å². The molecule has 1 amide bonds. The van der Waals surface area contributed by atoms with Crippen molar-refractivity contribution >= 4 is 23.2 Å². The Hall–Kier alpha value is -1.60. The highest BCUT2D eigenvalue weighted by molar-refractivity contribution is 7.11. The minimum Gasteiger partial charge on any atom is -0.382 e. The Labute approximate surface area is 142 Å². The normalized spacial score (nSPS) is 11.4. The molecule has 1 aromatic heterocycles. The summed E-state index contributed by atoms with van der Waals surface area (Å²) in [5, 5.41) is 6.52. The smallest absolute Gasteiger partial charge is 0.243 e. The Morgan fingerprint density at radius 1 is 1.35 bits per heavy atom. The van der Waals surface area contributed by atoms with Gasteiger partial charge in [-0.15, -0.1) is 11.3 Å². The van der Waals surface area contributed by atoms with E-state index in [1.165, 1.54) is 9.75 Å². The number of carbonyl (C=O) groups is 1. The average molecular weight is 340 g/mol. The third-order valence-corrected chi connectivity index (χ3v) is 4.06. The Morgan fingerprint density at radius 3 is 2.74 bits per heavy atom. The Balaban J connectivity index is 2.49. The largest absolute Gasteiger partial charge is 0.382 e. The number of hydrogen-bond donors (Lipinski definition) is 2.